The largest absolute Gasteiger partial charge is 0.497 e. The van der Waals surface area contributed by atoms with Crippen molar-refractivity contribution in [3.05, 3.63) is 65.5 Å². The molecule has 1 fully saturated rings. The quantitative estimate of drug-likeness (QED) is 0.581. The maximum atomic E-state index is 13.4. The molecule has 0 N–H and O–H groups in total. The van der Waals surface area contributed by atoms with Crippen LogP contribution in [0, 0.1) is 11.7 Å². The van der Waals surface area contributed by atoms with E-state index >= 15 is 0 Å². The number of halogens is 1. The van der Waals surface area contributed by atoms with E-state index in [0.717, 1.165) is 29.7 Å². The Balaban J connectivity index is 1.64. The van der Waals surface area contributed by atoms with E-state index in [4.69, 9.17) is 9.47 Å². The molecule has 1 atom stereocenters. The van der Waals surface area contributed by atoms with Gasteiger partial charge in [0.1, 0.15) is 18.2 Å². The van der Waals surface area contributed by atoms with Gasteiger partial charge in [-0.3, -0.25) is 9.59 Å². The van der Waals surface area contributed by atoms with Crippen LogP contribution >= 0.6 is 0 Å². The second-order valence-electron chi connectivity index (χ2n) is 8.58. The van der Waals surface area contributed by atoms with Crippen LogP contribution < -0.4 is 4.74 Å². The topological polar surface area (TPSA) is 59.1 Å². The summed E-state index contributed by atoms with van der Waals surface area (Å²) in [5.41, 5.74) is 1.91. The average Bonchev–Trinajstić information content (AvgIpc) is 2.83. The number of amides is 2. The van der Waals surface area contributed by atoms with E-state index in [-0.39, 0.29) is 36.2 Å². The smallest absolute Gasteiger partial charge is 0.248 e. The predicted molar refractivity (Wildman–Crippen MR) is 125 cm³/mol. The monoisotopic (exact) mass is 456 g/mol. The Labute approximate surface area is 195 Å². The van der Waals surface area contributed by atoms with Crippen molar-refractivity contribution in [2.75, 3.05) is 41.0 Å². The van der Waals surface area contributed by atoms with Crippen molar-refractivity contribution in [2.24, 2.45) is 5.92 Å². The van der Waals surface area contributed by atoms with E-state index in [1.165, 1.54) is 19.2 Å². The van der Waals surface area contributed by atoms with Gasteiger partial charge in [-0.25, -0.2) is 4.39 Å². The van der Waals surface area contributed by atoms with Crippen molar-refractivity contribution < 1.29 is 23.5 Å². The SMILES string of the molecule is COCC(=O)N(C)[C@@H](Cc1ccc(F)cc1)C1CCN(C(=O)Cc2cccc(OC)c2)CC1. The van der Waals surface area contributed by atoms with E-state index < -0.39 is 0 Å². The van der Waals surface area contributed by atoms with E-state index in [1.54, 1.807) is 31.2 Å². The molecule has 2 aromatic rings. The zero-order chi connectivity index (χ0) is 23.8. The first-order chi connectivity index (χ1) is 15.9. The number of methoxy groups -OCH3 is 2. The van der Waals surface area contributed by atoms with Crippen molar-refractivity contribution >= 4 is 11.8 Å². The molecule has 1 saturated heterocycles. The van der Waals surface area contributed by atoms with Gasteiger partial charge in [-0.05, 0) is 60.6 Å². The minimum Gasteiger partial charge on any atom is -0.497 e. The molecule has 0 radical (unpaired) electrons. The summed E-state index contributed by atoms with van der Waals surface area (Å²) in [4.78, 5) is 29.1. The molecule has 2 amide bonds. The number of likely N-dealkylation sites (tertiary alicyclic amines) is 1. The lowest BCUT2D eigenvalue weighted by Gasteiger charge is -2.40. The molecule has 0 aromatic heterocycles. The lowest BCUT2D eigenvalue weighted by molar-refractivity contribution is -0.138. The maximum absolute atomic E-state index is 13.4. The minimum atomic E-state index is -0.276. The molecule has 0 saturated carbocycles. The molecular formula is C26H33FN2O4. The van der Waals surface area contributed by atoms with Gasteiger partial charge in [-0.1, -0.05) is 24.3 Å². The highest BCUT2D eigenvalue weighted by molar-refractivity contribution is 5.79. The molecular weight excluding hydrogens is 423 g/mol. The lowest BCUT2D eigenvalue weighted by atomic mass is 9.84. The zero-order valence-electron chi connectivity index (χ0n) is 19.6. The number of piperidine rings is 1. The summed E-state index contributed by atoms with van der Waals surface area (Å²) in [6, 6.07) is 14.0. The number of carbonyl (C=O) groups is 2. The number of ether oxygens (including phenoxy) is 2. The van der Waals surface area contributed by atoms with Crippen LogP contribution in [-0.4, -0.2) is 68.6 Å². The van der Waals surface area contributed by atoms with E-state index in [2.05, 4.69) is 0 Å². The molecule has 0 bridgehead atoms. The molecule has 33 heavy (non-hydrogen) atoms. The van der Waals surface area contributed by atoms with Crippen LogP contribution in [0.4, 0.5) is 4.39 Å². The van der Waals surface area contributed by atoms with Gasteiger partial charge < -0.3 is 19.3 Å². The maximum Gasteiger partial charge on any atom is 0.248 e. The van der Waals surface area contributed by atoms with E-state index in [9.17, 15) is 14.0 Å². The number of hydrogen-bond donors (Lipinski definition) is 0. The number of benzene rings is 2. The molecule has 1 heterocycles. The van der Waals surface area contributed by atoms with Crippen molar-refractivity contribution in [2.45, 2.75) is 31.7 Å². The van der Waals surface area contributed by atoms with Crippen LogP contribution in [0.3, 0.4) is 0 Å². The summed E-state index contributed by atoms with van der Waals surface area (Å²) >= 11 is 0. The Morgan fingerprint density at radius 2 is 1.79 bits per heavy atom. The molecule has 7 heteroatoms. The molecule has 6 nitrogen and oxygen atoms in total. The Morgan fingerprint density at radius 3 is 2.42 bits per heavy atom. The zero-order valence-corrected chi connectivity index (χ0v) is 19.6. The van der Waals surface area contributed by atoms with Gasteiger partial charge in [0.2, 0.25) is 11.8 Å². The molecule has 0 spiro atoms. The second-order valence-corrected chi connectivity index (χ2v) is 8.58. The highest BCUT2D eigenvalue weighted by atomic mass is 19.1. The highest BCUT2D eigenvalue weighted by Gasteiger charge is 2.32. The lowest BCUT2D eigenvalue weighted by Crippen LogP contribution is -2.49. The van der Waals surface area contributed by atoms with Gasteiger partial charge in [0.15, 0.2) is 0 Å². The number of hydrogen-bond acceptors (Lipinski definition) is 4. The summed E-state index contributed by atoms with van der Waals surface area (Å²) < 4.78 is 23.7. The Hall–Kier alpha value is -2.93. The fraction of sp³-hybridized carbons (Fsp3) is 0.462. The Bertz CT molecular complexity index is 926. The molecule has 3 rings (SSSR count). The Kier molecular flexibility index (Phi) is 8.83. The fourth-order valence-electron chi connectivity index (χ4n) is 4.49. The summed E-state index contributed by atoms with van der Waals surface area (Å²) in [7, 11) is 4.92. The van der Waals surface area contributed by atoms with Crippen LogP contribution in [0.5, 0.6) is 5.75 Å². The standard InChI is InChI=1S/C26H33FN2O4/c1-28(26(31)18-32-2)24(16-19-7-9-22(27)10-8-19)21-11-13-29(14-12-21)25(30)17-20-5-4-6-23(15-20)33-3/h4-10,15,21,24H,11-14,16-18H2,1-3H3/t24-/m0/s1. The summed E-state index contributed by atoms with van der Waals surface area (Å²) in [5, 5.41) is 0. The first-order valence-corrected chi connectivity index (χ1v) is 11.3. The van der Waals surface area contributed by atoms with Crippen LogP contribution in [0.15, 0.2) is 48.5 Å². The van der Waals surface area contributed by atoms with Crippen LogP contribution in [-0.2, 0) is 27.2 Å². The van der Waals surface area contributed by atoms with Gasteiger partial charge in [0, 0.05) is 33.3 Å². The minimum absolute atomic E-state index is 0.0221. The van der Waals surface area contributed by atoms with Crippen LogP contribution in [0.1, 0.15) is 24.0 Å². The van der Waals surface area contributed by atoms with Gasteiger partial charge >= 0.3 is 0 Å². The average molecular weight is 457 g/mol. The highest BCUT2D eigenvalue weighted by Crippen LogP contribution is 2.27. The molecule has 0 aliphatic carbocycles. The van der Waals surface area contributed by atoms with Crippen molar-refractivity contribution in [1.29, 1.82) is 0 Å². The van der Waals surface area contributed by atoms with E-state index in [1.807, 2.05) is 29.2 Å². The van der Waals surface area contributed by atoms with E-state index in [0.29, 0.717) is 25.9 Å². The van der Waals surface area contributed by atoms with Gasteiger partial charge in [-0.15, -0.1) is 0 Å². The first-order valence-electron chi connectivity index (χ1n) is 11.3. The number of likely N-dealkylation sites (N-methyl/N-ethyl adjacent to an activating group) is 1. The van der Waals surface area contributed by atoms with Crippen LogP contribution in [0.2, 0.25) is 0 Å². The number of nitrogens with zero attached hydrogens (tertiary/aromatic N) is 2. The van der Waals surface area contributed by atoms with Gasteiger partial charge in [-0.2, -0.15) is 0 Å². The number of carbonyl (C=O) groups excluding carboxylic acids is 2. The molecule has 0 unspecified atom stereocenters. The summed E-state index contributed by atoms with van der Waals surface area (Å²) in [6.07, 6.45) is 2.59. The first kappa shape index (κ1) is 24.7. The van der Waals surface area contributed by atoms with Gasteiger partial charge in [0.25, 0.3) is 0 Å². The third kappa shape index (κ3) is 6.78. The summed E-state index contributed by atoms with van der Waals surface area (Å²) in [6.45, 7) is 1.33. The van der Waals surface area contributed by atoms with Crippen molar-refractivity contribution in [1.82, 2.24) is 9.80 Å². The van der Waals surface area contributed by atoms with Crippen LogP contribution in [0.25, 0.3) is 0 Å². The third-order valence-electron chi connectivity index (χ3n) is 6.44. The molecule has 1 aliphatic rings. The molecule has 1 aliphatic heterocycles. The fourth-order valence-corrected chi connectivity index (χ4v) is 4.49. The summed E-state index contributed by atoms with van der Waals surface area (Å²) in [5.74, 6) is 0.719. The normalized spacial score (nSPS) is 15.2. The van der Waals surface area contributed by atoms with Crippen molar-refractivity contribution in [3.8, 4) is 5.75 Å². The number of rotatable bonds is 9. The van der Waals surface area contributed by atoms with Gasteiger partial charge in [0.05, 0.1) is 13.5 Å². The second kappa shape index (κ2) is 11.8. The molecule has 2 aromatic carbocycles. The Morgan fingerprint density at radius 1 is 1.09 bits per heavy atom. The van der Waals surface area contributed by atoms with Crippen molar-refractivity contribution in [3.63, 3.8) is 0 Å². The third-order valence-corrected chi connectivity index (χ3v) is 6.44. The molecule has 178 valence electrons. The predicted octanol–water partition coefficient (Wildman–Crippen LogP) is 3.33.